The highest BCUT2D eigenvalue weighted by atomic mass is 32.2. The van der Waals surface area contributed by atoms with Gasteiger partial charge in [0.15, 0.2) is 0 Å². The van der Waals surface area contributed by atoms with Gasteiger partial charge in [-0.25, -0.2) is 12.8 Å². The Balaban J connectivity index is 2.67. The third kappa shape index (κ3) is 7.05. The van der Waals surface area contributed by atoms with Crippen molar-refractivity contribution in [3.8, 4) is 0 Å². The molecule has 3 N–H and O–H groups in total. The maximum Gasteiger partial charge on any atom is 0.229 e. The third-order valence-electron chi connectivity index (χ3n) is 2.45. The number of halogens is 1. The van der Waals surface area contributed by atoms with Crippen molar-refractivity contribution in [2.24, 2.45) is 0 Å². The van der Waals surface area contributed by atoms with Gasteiger partial charge in [0.05, 0.1) is 11.9 Å². The molecule has 0 saturated carbocycles. The Morgan fingerprint density at radius 3 is 2.57 bits per heavy atom. The summed E-state index contributed by atoms with van der Waals surface area (Å²) in [4.78, 5) is 11.7. The molecule has 0 radical (unpaired) electrons. The number of rotatable bonds is 7. The van der Waals surface area contributed by atoms with Gasteiger partial charge in [-0.1, -0.05) is 13.8 Å². The lowest BCUT2D eigenvalue weighted by Gasteiger charge is -2.10. The highest BCUT2D eigenvalue weighted by molar-refractivity contribution is 7.92. The number of amides is 1. The number of carbonyl (C=O) groups excluding carboxylic acids is 1. The highest BCUT2D eigenvalue weighted by Crippen LogP contribution is 2.20. The van der Waals surface area contributed by atoms with Crippen molar-refractivity contribution in [3.63, 3.8) is 0 Å². The minimum absolute atomic E-state index is 0.199. The summed E-state index contributed by atoms with van der Waals surface area (Å²) in [5, 5.41) is 5.69. The van der Waals surface area contributed by atoms with E-state index < -0.39 is 15.8 Å². The van der Waals surface area contributed by atoms with E-state index >= 15 is 0 Å². The molecule has 0 unspecified atom stereocenters. The van der Waals surface area contributed by atoms with Crippen LogP contribution in [0.15, 0.2) is 18.2 Å². The van der Waals surface area contributed by atoms with E-state index in [2.05, 4.69) is 15.4 Å². The fraction of sp³-hybridized carbons (Fsp3) is 0.462. The van der Waals surface area contributed by atoms with Crippen molar-refractivity contribution in [2.45, 2.75) is 26.3 Å². The normalized spacial score (nSPS) is 11.5. The van der Waals surface area contributed by atoms with Crippen LogP contribution in [-0.2, 0) is 14.8 Å². The number of sulfonamides is 1. The van der Waals surface area contributed by atoms with Crippen LogP contribution in [0.5, 0.6) is 0 Å². The highest BCUT2D eigenvalue weighted by Gasteiger charge is 2.10. The Hall–Kier alpha value is -1.67. The second kappa shape index (κ2) is 7.37. The fourth-order valence-electron chi connectivity index (χ4n) is 1.58. The molecule has 6 nitrogen and oxygen atoms in total. The molecule has 1 aromatic carbocycles. The zero-order valence-electron chi connectivity index (χ0n) is 12.2. The first-order valence-electron chi connectivity index (χ1n) is 6.48. The van der Waals surface area contributed by atoms with Crippen LogP contribution >= 0.6 is 0 Å². The molecule has 1 rings (SSSR count). The van der Waals surface area contributed by atoms with Crippen LogP contribution < -0.4 is 15.4 Å². The summed E-state index contributed by atoms with van der Waals surface area (Å²) in [5.74, 6) is -0.944. The first kappa shape index (κ1) is 17.4. The predicted molar refractivity (Wildman–Crippen MR) is 81.3 cm³/mol. The number of benzene rings is 1. The molecule has 1 aromatic rings. The Morgan fingerprint density at radius 2 is 2.00 bits per heavy atom. The van der Waals surface area contributed by atoms with E-state index in [1.807, 2.05) is 13.8 Å². The van der Waals surface area contributed by atoms with Crippen molar-refractivity contribution in [1.82, 2.24) is 5.32 Å². The summed E-state index contributed by atoms with van der Waals surface area (Å²) < 4.78 is 37.8. The van der Waals surface area contributed by atoms with Gasteiger partial charge in [-0.3, -0.25) is 9.52 Å². The van der Waals surface area contributed by atoms with Crippen molar-refractivity contribution in [3.05, 3.63) is 24.0 Å². The molecule has 0 aliphatic carbocycles. The minimum Gasteiger partial charge on any atom is -0.326 e. The molecule has 0 saturated heterocycles. The van der Waals surface area contributed by atoms with Crippen molar-refractivity contribution in [2.75, 3.05) is 22.8 Å². The van der Waals surface area contributed by atoms with Crippen molar-refractivity contribution in [1.29, 1.82) is 0 Å². The molecule has 0 aliphatic heterocycles. The van der Waals surface area contributed by atoms with Crippen LogP contribution in [0.2, 0.25) is 0 Å². The number of hydrogen-bond donors (Lipinski definition) is 3. The van der Waals surface area contributed by atoms with Gasteiger partial charge in [-0.2, -0.15) is 0 Å². The average molecular weight is 317 g/mol. The lowest BCUT2D eigenvalue weighted by molar-refractivity contribution is -0.116. The summed E-state index contributed by atoms with van der Waals surface area (Å²) in [5.41, 5.74) is 0.132. The Bertz CT molecular complexity index is 603. The molecule has 0 spiro atoms. The zero-order valence-corrected chi connectivity index (χ0v) is 13.1. The summed E-state index contributed by atoms with van der Waals surface area (Å²) in [6.07, 6.45) is 1.19. The molecule has 0 aliphatic rings. The largest absolute Gasteiger partial charge is 0.326 e. The number of carbonyl (C=O) groups is 1. The van der Waals surface area contributed by atoms with Crippen molar-refractivity contribution >= 4 is 27.3 Å². The quantitative estimate of drug-likeness (QED) is 0.711. The van der Waals surface area contributed by atoms with Crippen LogP contribution in [-0.4, -0.2) is 33.2 Å². The van der Waals surface area contributed by atoms with Gasteiger partial charge in [0.25, 0.3) is 0 Å². The van der Waals surface area contributed by atoms with Crippen LogP contribution in [0, 0.1) is 5.82 Å². The molecular weight excluding hydrogens is 297 g/mol. The van der Waals surface area contributed by atoms with E-state index in [0.717, 1.165) is 12.3 Å². The smallest absolute Gasteiger partial charge is 0.229 e. The molecule has 0 atom stereocenters. The maximum atomic E-state index is 13.5. The van der Waals surface area contributed by atoms with Crippen LogP contribution in [0.4, 0.5) is 15.8 Å². The maximum absolute atomic E-state index is 13.5. The molecule has 0 fully saturated rings. The summed E-state index contributed by atoms with van der Waals surface area (Å²) >= 11 is 0. The molecular formula is C13H20FN3O3S. The average Bonchev–Trinajstić information content (AvgIpc) is 2.31. The molecule has 0 bridgehead atoms. The van der Waals surface area contributed by atoms with Gasteiger partial charge in [0.2, 0.25) is 15.9 Å². The SMILES string of the molecule is CC(C)NCCC(=O)Nc1ccc(F)c(NS(C)(=O)=O)c1. The summed E-state index contributed by atoms with van der Waals surface area (Å²) in [6, 6.07) is 3.99. The topological polar surface area (TPSA) is 87.3 Å². The van der Waals surface area contributed by atoms with Gasteiger partial charge in [-0.05, 0) is 18.2 Å². The number of anilines is 2. The Labute approximate surface area is 124 Å². The first-order valence-corrected chi connectivity index (χ1v) is 8.37. The molecule has 21 heavy (non-hydrogen) atoms. The fourth-order valence-corrected chi connectivity index (χ4v) is 2.13. The summed E-state index contributed by atoms with van der Waals surface area (Å²) in [7, 11) is -3.58. The second-order valence-corrected chi connectivity index (χ2v) is 6.72. The lowest BCUT2D eigenvalue weighted by Crippen LogP contribution is -2.27. The lowest BCUT2D eigenvalue weighted by atomic mass is 10.2. The van der Waals surface area contributed by atoms with Crippen LogP contribution in [0.3, 0.4) is 0 Å². The van der Waals surface area contributed by atoms with E-state index in [-0.39, 0.29) is 24.1 Å². The molecule has 8 heteroatoms. The van der Waals surface area contributed by atoms with E-state index in [0.29, 0.717) is 12.2 Å². The van der Waals surface area contributed by atoms with Gasteiger partial charge < -0.3 is 10.6 Å². The molecule has 118 valence electrons. The Morgan fingerprint density at radius 1 is 1.33 bits per heavy atom. The minimum atomic E-state index is -3.58. The second-order valence-electron chi connectivity index (χ2n) is 4.98. The van der Waals surface area contributed by atoms with Gasteiger partial charge in [0.1, 0.15) is 5.82 Å². The number of nitrogens with one attached hydrogen (secondary N) is 3. The van der Waals surface area contributed by atoms with Gasteiger partial charge in [0, 0.05) is 24.7 Å². The van der Waals surface area contributed by atoms with Crippen molar-refractivity contribution < 1.29 is 17.6 Å². The van der Waals surface area contributed by atoms with E-state index in [9.17, 15) is 17.6 Å². The number of hydrogen-bond acceptors (Lipinski definition) is 4. The molecule has 0 heterocycles. The van der Waals surface area contributed by atoms with Gasteiger partial charge >= 0.3 is 0 Å². The van der Waals surface area contributed by atoms with Gasteiger partial charge in [-0.15, -0.1) is 0 Å². The van der Waals surface area contributed by atoms with Crippen LogP contribution in [0.25, 0.3) is 0 Å². The standard InChI is InChI=1S/C13H20FN3O3S/c1-9(2)15-7-6-13(18)16-10-4-5-11(14)12(8-10)17-21(3,19)20/h4-5,8-9,15,17H,6-7H2,1-3H3,(H,16,18). The molecule has 0 aromatic heterocycles. The van der Waals surface area contributed by atoms with E-state index in [1.54, 1.807) is 0 Å². The monoisotopic (exact) mass is 317 g/mol. The predicted octanol–water partition coefficient (Wildman–Crippen LogP) is 1.52. The summed E-state index contributed by atoms with van der Waals surface area (Å²) in [6.45, 7) is 4.47. The van der Waals surface area contributed by atoms with E-state index in [1.165, 1.54) is 12.1 Å². The van der Waals surface area contributed by atoms with Crippen LogP contribution in [0.1, 0.15) is 20.3 Å². The zero-order chi connectivity index (χ0) is 16.0. The molecule has 1 amide bonds. The third-order valence-corrected chi connectivity index (χ3v) is 3.04. The van der Waals surface area contributed by atoms with E-state index in [4.69, 9.17) is 0 Å². The Kier molecular flexibility index (Phi) is 6.10. The first-order chi connectivity index (χ1) is 9.67.